The van der Waals surface area contributed by atoms with E-state index in [1.54, 1.807) is 18.4 Å². The third kappa shape index (κ3) is 2.84. The monoisotopic (exact) mass is 331 g/mol. The molecule has 0 aliphatic carbocycles. The first-order valence-electron chi connectivity index (χ1n) is 6.99. The molecule has 0 amide bonds. The van der Waals surface area contributed by atoms with Gasteiger partial charge in [-0.3, -0.25) is 0 Å². The number of ether oxygens (including phenoxy) is 1. The van der Waals surface area contributed by atoms with E-state index in [1.807, 2.05) is 30.3 Å². The highest BCUT2D eigenvalue weighted by Crippen LogP contribution is 2.35. The third-order valence-corrected chi connectivity index (χ3v) is 4.97. The van der Waals surface area contributed by atoms with Crippen LogP contribution < -0.4 is 10.1 Å². The average Bonchev–Trinajstić information content (AvgIpc) is 3.23. The molecule has 1 aromatic carbocycles. The van der Waals surface area contributed by atoms with Crippen LogP contribution in [0.5, 0.6) is 5.75 Å². The zero-order chi connectivity index (χ0) is 15.5. The van der Waals surface area contributed by atoms with Gasteiger partial charge in [0.05, 0.1) is 18.9 Å². The Morgan fingerprint density at radius 3 is 2.95 bits per heavy atom. The lowest BCUT2D eigenvalue weighted by Crippen LogP contribution is -2.34. The maximum absolute atomic E-state index is 5.41. The minimum absolute atomic E-state index is 0.154. The molecule has 0 spiro atoms. The SMILES string of the molecule is CNC(=S)N1N=C(c2cccc(OC)c2)C[C@H]1c1cccs1. The molecular formula is C16H17N3OS2. The Balaban J connectivity index is 1.94. The first kappa shape index (κ1) is 15.0. The summed E-state index contributed by atoms with van der Waals surface area (Å²) in [5.41, 5.74) is 2.09. The predicted octanol–water partition coefficient (Wildman–Crippen LogP) is 3.41. The second kappa shape index (κ2) is 6.46. The number of benzene rings is 1. The van der Waals surface area contributed by atoms with Gasteiger partial charge in [0.15, 0.2) is 5.11 Å². The standard InChI is InChI=1S/C16H17N3OS2/c1-17-16(21)19-14(15-7-4-8-22-15)10-13(18-19)11-5-3-6-12(9-11)20-2/h3-9,14H,10H2,1-2H3,(H,17,21)/t14-/m0/s1. The zero-order valence-corrected chi connectivity index (χ0v) is 14.1. The number of nitrogens with zero attached hydrogens (tertiary/aromatic N) is 2. The van der Waals surface area contributed by atoms with Crippen LogP contribution in [0.25, 0.3) is 0 Å². The number of methoxy groups -OCH3 is 1. The normalized spacial score (nSPS) is 17.3. The fourth-order valence-corrected chi connectivity index (χ4v) is 3.47. The Hall–Kier alpha value is -1.92. The van der Waals surface area contributed by atoms with Crippen LogP contribution in [-0.2, 0) is 0 Å². The smallest absolute Gasteiger partial charge is 0.190 e. The van der Waals surface area contributed by atoms with Gasteiger partial charge in [-0.1, -0.05) is 18.2 Å². The van der Waals surface area contributed by atoms with E-state index in [0.29, 0.717) is 5.11 Å². The molecule has 1 atom stereocenters. The molecule has 0 bridgehead atoms. The van der Waals surface area contributed by atoms with Crippen LogP contribution in [-0.4, -0.2) is 30.0 Å². The van der Waals surface area contributed by atoms with Crippen molar-refractivity contribution in [1.82, 2.24) is 10.3 Å². The Kier molecular flexibility index (Phi) is 4.40. The van der Waals surface area contributed by atoms with Crippen molar-refractivity contribution in [3.8, 4) is 5.75 Å². The van der Waals surface area contributed by atoms with Gasteiger partial charge in [-0.2, -0.15) is 5.10 Å². The van der Waals surface area contributed by atoms with E-state index in [4.69, 9.17) is 22.1 Å². The number of nitrogens with one attached hydrogen (secondary N) is 1. The molecule has 0 unspecified atom stereocenters. The number of hydrogen-bond donors (Lipinski definition) is 1. The Bertz CT molecular complexity index is 697. The highest BCUT2D eigenvalue weighted by Gasteiger charge is 2.31. The van der Waals surface area contributed by atoms with Crippen molar-refractivity contribution < 1.29 is 4.74 Å². The van der Waals surface area contributed by atoms with Crippen LogP contribution in [0.3, 0.4) is 0 Å². The molecule has 0 saturated heterocycles. The minimum Gasteiger partial charge on any atom is -0.497 e. The molecule has 3 rings (SSSR count). The number of rotatable bonds is 3. The van der Waals surface area contributed by atoms with Crippen LogP contribution >= 0.6 is 23.6 Å². The Morgan fingerprint density at radius 2 is 2.27 bits per heavy atom. The van der Waals surface area contributed by atoms with Crippen molar-refractivity contribution >= 4 is 34.4 Å². The minimum atomic E-state index is 0.154. The maximum Gasteiger partial charge on any atom is 0.190 e. The van der Waals surface area contributed by atoms with Crippen LogP contribution in [0.2, 0.25) is 0 Å². The van der Waals surface area contributed by atoms with Gasteiger partial charge in [0.25, 0.3) is 0 Å². The highest BCUT2D eigenvalue weighted by molar-refractivity contribution is 7.80. The molecule has 1 N–H and O–H groups in total. The van der Waals surface area contributed by atoms with Crippen molar-refractivity contribution in [2.24, 2.45) is 5.10 Å². The van der Waals surface area contributed by atoms with E-state index in [1.165, 1.54) is 4.88 Å². The molecule has 2 aromatic rings. The molecule has 22 heavy (non-hydrogen) atoms. The second-order valence-corrected chi connectivity index (χ2v) is 6.28. The summed E-state index contributed by atoms with van der Waals surface area (Å²) in [5, 5.41) is 12.4. The second-order valence-electron chi connectivity index (χ2n) is 4.91. The lowest BCUT2D eigenvalue weighted by Gasteiger charge is -2.22. The van der Waals surface area contributed by atoms with Crippen LogP contribution in [0.1, 0.15) is 22.9 Å². The van der Waals surface area contributed by atoms with Gasteiger partial charge in [0, 0.05) is 23.9 Å². The summed E-state index contributed by atoms with van der Waals surface area (Å²) in [6.07, 6.45) is 0.829. The number of thiocarbonyl (C=S) groups is 1. The molecule has 2 heterocycles. The van der Waals surface area contributed by atoms with E-state index in [0.717, 1.165) is 23.4 Å². The lowest BCUT2D eigenvalue weighted by molar-refractivity contribution is 0.371. The highest BCUT2D eigenvalue weighted by atomic mass is 32.1. The van der Waals surface area contributed by atoms with E-state index < -0.39 is 0 Å². The molecule has 1 aliphatic heterocycles. The van der Waals surface area contributed by atoms with Gasteiger partial charge >= 0.3 is 0 Å². The summed E-state index contributed by atoms with van der Waals surface area (Å²) in [6, 6.07) is 12.3. The molecule has 1 aromatic heterocycles. The molecule has 0 fully saturated rings. The number of hydrogen-bond acceptors (Lipinski definition) is 4. The lowest BCUT2D eigenvalue weighted by atomic mass is 10.0. The van der Waals surface area contributed by atoms with E-state index in [2.05, 4.69) is 28.9 Å². The van der Waals surface area contributed by atoms with Crippen molar-refractivity contribution in [2.75, 3.05) is 14.2 Å². The van der Waals surface area contributed by atoms with Crippen molar-refractivity contribution in [1.29, 1.82) is 0 Å². The van der Waals surface area contributed by atoms with Gasteiger partial charge in [-0.25, -0.2) is 5.01 Å². The Labute approximate surface area is 139 Å². The van der Waals surface area contributed by atoms with E-state index in [9.17, 15) is 0 Å². The third-order valence-electron chi connectivity index (χ3n) is 3.61. The van der Waals surface area contributed by atoms with Crippen LogP contribution in [0.4, 0.5) is 0 Å². The van der Waals surface area contributed by atoms with Crippen LogP contribution in [0, 0.1) is 0 Å². The quantitative estimate of drug-likeness (QED) is 0.875. The summed E-state index contributed by atoms with van der Waals surface area (Å²) in [4.78, 5) is 1.26. The average molecular weight is 331 g/mol. The van der Waals surface area contributed by atoms with Gasteiger partial charge in [0.2, 0.25) is 0 Å². The summed E-state index contributed by atoms with van der Waals surface area (Å²) in [7, 11) is 3.50. The summed E-state index contributed by atoms with van der Waals surface area (Å²) in [5.74, 6) is 0.836. The van der Waals surface area contributed by atoms with E-state index >= 15 is 0 Å². The summed E-state index contributed by atoms with van der Waals surface area (Å²) in [6.45, 7) is 0. The van der Waals surface area contributed by atoms with Crippen molar-refractivity contribution in [2.45, 2.75) is 12.5 Å². The first-order chi connectivity index (χ1) is 10.7. The van der Waals surface area contributed by atoms with Gasteiger partial charge in [-0.05, 0) is 35.8 Å². The topological polar surface area (TPSA) is 36.9 Å². The maximum atomic E-state index is 5.41. The summed E-state index contributed by atoms with van der Waals surface area (Å²) < 4.78 is 5.30. The zero-order valence-electron chi connectivity index (χ0n) is 12.4. The van der Waals surface area contributed by atoms with E-state index in [-0.39, 0.29) is 6.04 Å². The summed E-state index contributed by atoms with van der Waals surface area (Å²) >= 11 is 7.13. The fourth-order valence-electron chi connectivity index (χ4n) is 2.49. The molecule has 0 saturated carbocycles. The van der Waals surface area contributed by atoms with Crippen molar-refractivity contribution in [3.05, 3.63) is 52.2 Å². The molecule has 1 aliphatic rings. The van der Waals surface area contributed by atoms with Gasteiger partial charge in [0.1, 0.15) is 5.75 Å². The molecule has 114 valence electrons. The predicted molar refractivity (Wildman–Crippen MR) is 94.7 cm³/mol. The van der Waals surface area contributed by atoms with Crippen LogP contribution in [0.15, 0.2) is 46.9 Å². The van der Waals surface area contributed by atoms with Gasteiger partial charge < -0.3 is 10.1 Å². The largest absolute Gasteiger partial charge is 0.497 e. The molecule has 0 radical (unpaired) electrons. The molecule has 4 nitrogen and oxygen atoms in total. The van der Waals surface area contributed by atoms with Gasteiger partial charge in [-0.15, -0.1) is 11.3 Å². The first-order valence-corrected chi connectivity index (χ1v) is 8.28. The molecule has 6 heteroatoms. The van der Waals surface area contributed by atoms with Crippen molar-refractivity contribution in [3.63, 3.8) is 0 Å². The molecular weight excluding hydrogens is 314 g/mol. The number of thiophene rings is 1. The Morgan fingerprint density at radius 1 is 1.41 bits per heavy atom. The fraction of sp³-hybridized carbons (Fsp3) is 0.250. The number of hydrazone groups is 1.